The number of aryl methyl sites for hydroxylation is 1. The van der Waals surface area contributed by atoms with Crippen molar-refractivity contribution in [2.45, 2.75) is 39.0 Å². The highest BCUT2D eigenvalue weighted by molar-refractivity contribution is 7.16. The molecule has 0 spiro atoms. The molecule has 92 valence electrons. The third kappa shape index (κ3) is 1.99. The first-order valence-corrected chi connectivity index (χ1v) is 7.37. The van der Waals surface area contributed by atoms with Gasteiger partial charge in [0, 0.05) is 24.4 Å². The minimum Gasteiger partial charge on any atom is -0.348 e. The highest BCUT2D eigenvalue weighted by Crippen LogP contribution is 2.34. The minimum atomic E-state index is 0.250. The van der Waals surface area contributed by atoms with Crippen molar-refractivity contribution in [3.05, 3.63) is 10.6 Å². The normalized spacial score (nSPS) is 24.2. The van der Waals surface area contributed by atoms with E-state index in [9.17, 15) is 4.79 Å². The van der Waals surface area contributed by atoms with Crippen LogP contribution in [0.15, 0.2) is 0 Å². The number of hydrogen-bond acceptors (Lipinski definition) is 4. The zero-order valence-corrected chi connectivity index (χ0v) is 11.1. The van der Waals surface area contributed by atoms with E-state index in [2.05, 4.69) is 16.8 Å². The summed E-state index contributed by atoms with van der Waals surface area (Å²) >= 11 is 1.74. The van der Waals surface area contributed by atoms with Crippen LogP contribution in [0.3, 0.4) is 0 Å². The van der Waals surface area contributed by atoms with Gasteiger partial charge in [-0.2, -0.15) is 0 Å². The molecule has 1 aliphatic carbocycles. The number of carbonyl (C=O) groups excluding carboxylic acids is 1. The fourth-order valence-corrected chi connectivity index (χ4v) is 3.88. The van der Waals surface area contributed by atoms with Gasteiger partial charge in [0.05, 0.1) is 0 Å². The molecule has 2 heterocycles. The maximum absolute atomic E-state index is 11.8. The van der Waals surface area contributed by atoms with Gasteiger partial charge in [0.25, 0.3) is 0 Å². The number of nitrogens with zero attached hydrogens (tertiary/aromatic N) is 2. The van der Waals surface area contributed by atoms with Gasteiger partial charge in [0.15, 0.2) is 10.9 Å². The second kappa shape index (κ2) is 4.41. The van der Waals surface area contributed by atoms with Gasteiger partial charge < -0.3 is 4.90 Å². The molecule has 1 atom stereocenters. The molecule has 0 radical (unpaired) electrons. The Kier molecular flexibility index (Phi) is 2.90. The van der Waals surface area contributed by atoms with Crippen molar-refractivity contribution < 1.29 is 4.79 Å². The molecule has 1 aromatic rings. The second-order valence-electron chi connectivity index (χ2n) is 5.05. The summed E-state index contributed by atoms with van der Waals surface area (Å²) in [5.74, 6) is 1.06. The van der Waals surface area contributed by atoms with Crippen LogP contribution in [-0.2, 0) is 6.42 Å². The predicted octanol–water partition coefficient (Wildman–Crippen LogP) is 2.90. The van der Waals surface area contributed by atoms with Crippen molar-refractivity contribution >= 4 is 22.3 Å². The summed E-state index contributed by atoms with van der Waals surface area (Å²) < 4.78 is 0. The largest absolute Gasteiger partial charge is 0.348 e. The lowest BCUT2D eigenvalue weighted by Crippen LogP contribution is -2.19. The van der Waals surface area contributed by atoms with E-state index in [0.717, 1.165) is 42.7 Å². The molecule has 0 saturated carbocycles. The Balaban J connectivity index is 1.83. The fourth-order valence-electron chi connectivity index (χ4n) is 2.73. The molecule has 1 aromatic heterocycles. The summed E-state index contributed by atoms with van der Waals surface area (Å²) in [5, 5.41) is 1.08. The van der Waals surface area contributed by atoms with Gasteiger partial charge in [0.2, 0.25) is 0 Å². The number of fused-ring (bicyclic) bond motifs is 1. The highest BCUT2D eigenvalue weighted by Gasteiger charge is 2.27. The Hall–Kier alpha value is -0.900. The van der Waals surface area contributed by atoms with E-state index in [1.54, 1.807) is 11.3 Å². The average molecular weight is 250 g/mol. The summed E-state index contributed by atoms with van der Waals surface area (Å²) in [6.07, 6.45) is 5.26. The zero-order valence-electron chi connectivity index (χ0n) is 10.2. The van der Waals surface area contributed by atoms with E-state index in [1.807, 2.05) is 0 Å². The molecule has 0 amide bonds. The third-order valence-electron chi connectivity index (χ3n) is 3.89. The summed E-state index contributed by atoms with van der Waals surface area (Å²) in [7, 11) is 0. The van der Waals surface area contributed by atoms with Gasteiger partial charge in [-0.05, 0) is 25.2 Å². The summed E-state index contributed by atoms with van der Waals surface area (Å²) in [4.78, 5) is 19.9. The Bertz CT molecular complexity index is 441. The lowest BCUT2D eigenvalue weighted by Gasteiger charge is -2.13. The quantitative estimate of drug-likeness (QED) is 0.809. The number of ketones is 1. The average Bonchev–Trinajstić information content (AvgIpc) is 2.95. The van der Waals surface area contributed by atoms with Crippen LogP contribution in [-0.4, -0.2) is 23.9 Å². The van der Waals surface area contributed by atoms with Crippen LogP contribution in [0.25, 0.3) is 0 Å². The van der Waals surface area contributed by atoms with Crippen LogP contribution >= 0.6 is 11.3 Å². The van der Waals surface area contributed by atoms with Crippen LogP contribution in [0.2, 0.25) is 0 Å². The molecule has 0 aromatic carbocycles. The van der Waals surface area contributed by atoms with Crippen LogP contribution in [0.5, 0.6) is 0 Å². The van der Waals surface area contributed by atoms with Gasteiger partial charge in [-0.15, -0.1) is 11.3 Å². The lowest BCUT2D eigenvalue weighted by molar-refractivity contribution is 0.0968. The van der Waals surface area contributed by atoms with Gasteiger partial charge in [-0.3, -0.25) is 4.79 Å². The van der Waals surface area contributed by atoms with Crippen LogP contribution in [0.1, 0.15) is 48.0 Å². The van der Waals surface area contributed by atoms with E-state index >= 15 is 0 Å². The second-order valence-corrected chi connectivity index (χ2v) is 6.12. The van der Waals surface area contributed by atoms with Gasteiger partial charge in [0.1, 0.15) is 5.69 Å². The topological polar surface area (TPSA) is 33.2 Å². The Morgan fingerprint density at radius 3 is 3.06 bits per heavy atom. The minimum absolute atomic E-state index is 0.250. The third-order valence-corrected chi connectivity index (χ3v) is 5.07. The molecule has 0 N–H and O–H groups in total. The van der Waals surface area contributed by atoms with E-state index in [0.29, 0.717) is 6.42 Å². The molecule has 17 heavy (non-hydrogen) atoms. The molecule has 3 nitrogen and oxygen atoms in total. The lowest BCUT2D eigenvalue weighted by atomic mass is 10.0. The van der Waals surface area contributed by atoms with Gasteiger partial charge >= 0.3 is 0 Å². The summed E-state index contributed by atoms with van der Waals surface area (Å²) in [5.41, 5.74) is 0.774. The number of thiazole rings is 1. The molecule has 1 fully saturated rings. The molecule has 1 unspecified atom stereocenters. The van der Waals surface area contributed by atoms with Crippen LogP contribution in [0, 0.1) is 5.92 Å². The Morgan fingerprint density at radius 1 is 1.47 bits per heavy atom. The number of rotatable bonds is 2. The molecular weight excluding hydrogens is 232 g/mol. The van der Waals surface area contributed by atoms with Crippen LogP contribution < -0.4 is 4.90 Å². The summed E-state index contributed by atoms with van der Waals surface area (Å²) in [6, 6.07) is 0. The Morgan fingerprint density at radius 2 is 2.35 bits per heavy atom. The number of anilines is 1. The standard InChI is InChI=1S/C13H18N2OS/c1-2-9-6-7-15(8-9)13-14-12-10(16)4-3-5-11(12)17-13/h9H,2-8H2,1H3. The maximum atomic E-state index is 11.8. The van der Waals surface area contributed by atoms with Crippen molar-refractivity contribution in [3.8, 4) is 0 Å². The molecule has 2 aliphatic rings. The zero-order chi connectivity index (χ0) is 11.8. The number of carbonyl (C=O) groups is 1. The molecular formula is C13H18N2OS. The molecule has 0 bridgehead atoms. The van der Waals surface area contributed by atoms with E-state index < -0.39 is 0 Å². The van der Waals surface area contributed by atoms with Gasteiger partial charge in [-0.25, -0.2) is 4.98 Å². The first kappa shape index (κ1) is 11.2. The summed E-state index contributed by atoms with van der Waals surface area (Å²) in [6.45, 7) is 4.49. The highest BCUT2D eigenvalue weighted by atomic mass is 32.1. The monoisotopic (exact) mass is 250 g/mol. The predicted molar refractivity (Wildman–Crippen MR) is 70.0 cm³/mol. The molecule has 3 rings (SSSR count). The smallest absolute Gasteiger partial charge is 0.186 e. The SMILES string of the molecule is CCC1CCN(c2nc3c(s2)CCCC3=O)C1. The molecule has 1 aliphatic heterocycles. The van der Waals surface area contributed by atoms with Crippen molar-refractivity contribution in [3.63, 3.8) is 0 Å². The number of aromatic nitrogens is 1. The fraction of sp³-hybridized carbons (Fsp3) is 0.692. The van der Waals surface area contributed by atoms with Crippen molar-refractivity contribution in [2.24, 2.45) is 5.92 Å². The maximum Gasteiger partial charge on any atom is 0.186 e. The van der Waals surface area contributed by atoms with Crippen LogP contribution in [0.4, 0.5) is 5.13 Å². The Labute approximate surface area is 106 Å². The van der Waals surface area contributed by atoms with E-state index in [4.69, 9.17) is 0 Å². The van der Waals surface area contributed by atoms with E-state index in [-0.39, 0.29) is 5.78 Å². The number of hydrogen-bond donors (Lipinski definition) is 0. The molecule has 1 saturated heterocycles. The molecule has 4 heteroatoms. The van der Waals surface area contributed by atoms with Crippen molar-refractivity contribution in [1.82, 2.24) is 4.98 Å². The number of Topliss-reactive ketones (excluding diaryl/α,β-unsaturated/α-hetero) is 1. The van der Waals surface area contributed by atoms with Gasteiger partial charge in [-0.1, -0.05) is 13.3 Å². The van der Waals surface area contributed by atoms with Crippen molar-refractivity contribution in [2.75, 3.05) is 18.0 Å². The van der Waals surface area contributed by atoms with E-state index in [1.165, 1.54) is 17.7 Å². The first-order chi connectivity index (χ1) is 8.28. The van der Waals surface area contributed by atoms with Crippen molar-refractivity contribution in [1.29, 1.82) is 0 Å². The first-order valence-electron chi connectivity index (χ1n) is 6.55.